The summed E-state index contributed by atoms with van der Waals surface area (Å²) < 4.78 is 5.20. The number of hydrogen-bond donors (Lipinski definition) is 0. The van der Waals surface area contributed by atoms with E-state index >= 15 is 0 Å². The fraction of sp³-hybridized carbons (Fsp3) is 0.818. The summed E-state index contributed by atoms with van der Waals surface area (Å²) >= 11 is 4.63. The average Bonchev–Trinajstić information content (AvgIpc) is 2.67. The van der Waals surface area contributed by atoms with Crippen LogP contribution >= 0.6 is 12.2 Å². The third-order valence-electron chi connectivity index (χ3n) is 2.74. The van der Waals surface area contributed by atoms with Gasteiger partial charge in [-0.15, -0.1) is 0 Å². The number of unbranched alkanes of at least 4 members (excludes halogenated alkanes) is 2. The van der Waals surface area contributed by atoms with Gasteiger partial charge in [0.15, 0.2) is 0 Å². The number of likely N-dealkylation sites (tertiary alicyclic amines) is 1. The van der Waals surface area contributed by atoms with Gasteiger partial charge in [0, 0.05) is 19.4 Å². The lowest BCUT2D eigenvalue weighted by atomic mass is 10.2. The molecule has 1 fully saturated rings. The van der Waals surface area contributed by atoms with Crippen molar-refractivity contribution in [2.45, 2.75) is 45.1 Å². The van der Waals surface area contributed by atoms with Gasteiger partial charge in [0.2, 0.25) is 5.91 Å². The lowest BCUT2D eigenvalue weighted by molar-refractivity contribution is -0.130. The number of carbonyl (C=O) groups excluding carboxylic acids is 1. The third kappa shape index (κ3) is 4.16. The fourth-order valence-electron chi connectivity index (χ4n) is 1.83. The van der Waals surface area contributed by atoms with Crippen molar-refractivity contribution in [2.24, 2.45) is 0 Å². The van der Waals surface area contributed by atoms with Crippen molar-refractivity contribution in [3.8, 4) is 0 Å². The number of rotatable bonds is 6. The zero-order chi connectivity index (χ0) is 11.1. The molecule has 15 heavy (non-hydrogen) atoms. The Kier molecular flexibility index (Phi) is 5.61. The minimum Gasteiger partial charge on any atom is -0.485 e. The molecule has 0 aromatic heterocycles. The summed E-state index contributed by atoms with van der Waals surface area (Å²) in [4.78, 5) is 13.6. The molecule has 1 rings (SSSR count). The normalized spacial score (nSPS) is 20.3. The van der Waals surface area contributed by atoms with Crippen molar-refractivity contribution >= 4 is 23.7 Å². The van der Waals surface area contributed by atoms with Crippen molar-refractivity contribution in [3.05, 3.63) is 0 Å². The van der Waals surface area contributed by atoms with Crippen LogP contribution in [0, 0.1) is 0 Å². The highest BCUT2D eigenvalue weighted by Crippen LogP contribution is 2.14. The van der Waals surface area contributed by atoms with E-state index < -0.39 is 0 Å². The molecule has 3 nitrogen and oxygen atoms in total. The molecule has 0 aromatic carbocycles. The van der Waals surface area contributed by atoms with Crippen LogP contribution in [0.4, 0.5) is 0 Å². The monoisotopic (exact) mass is 229 g/mol. The molecular weight excluding hydrogens is 210 g/mol. The number of carbonyl (C=O) groups is 1. The number of hydrogen-bond acceptors (Lipinski definition) is 3. The summed E-state index contributed by atoms with van der Waals surface area (Å²) in [6, 6.07) is 0. The number of ether oxygens (including phenoxy) is 1. The smallest absolute Gasteiger partial charge is 0.222 e. The molecule has 1 saturated heterocycles. The Morgan fingerprint density at radius 3 is 3.07 bits per heavy atom. The molecule has 0 radical (unpaired) electrons. The highest BCUT2D eigenvalue weighted by molar-refractivity contribution is 7.78. The Balaban J connectivity index is 2.21. The van der Waals surface area contributed by atoms with E-state index in [9.17, 15) is 4.79 Å². The Labute approximate surface area is 96.8 Å². The molecule has 0 aromatic rings. The van der Waals surface area contributed by atoms with Crippen LogP contribution < -0.4 is 0 Å². The molecule has 1 aliphatic heterocycles. The van der Waals surface area contributed by atoms with E-state index in [2.05, 4.69) is 19.1 Å². The maximum absolute atomic E-state index is 11.7. The maximum Gasteiger partial charge on any atom is 0.222 e. The first-order valence-electron chi connectivity index (χ1n) is 5.64. The van der Waals surface area contributed by atoms with Gasteiger partial charge in [-0.3, -0.25) is 4.79 Å². The van der Waals surface area contributed by atoms with Crippen LogP contribution in [0.2, 0.25) is 0 Å². The van der Waals surface area contributed by atoms with Gasteiger partial charge in [-0.2, -0.15) is 0 Å². The van der Waals surface area contributed by atoms with Crippen LogP contribution in [0.15, 0.2) is 0 Å². The molecule has 1 aliphatic rings. The zero-order valence-corrected chi connectivity index (χ0v) is 10.1. The first kappa shape index (κ1) is 12.4. The van der Waals surface area contributed by atoms with Crippen LogP contribution in [0.25, 0.3) is 0 Å². The van der Waals surface area contributed by atoms with Crippen molar-refractivity contribution in [1.29, 1.82) is 0 Å². The lowest BCUT2D eigenvalue weighted by Crippen LogP contribution is -2.29. The predicted molar refractivity (Wildman–Crippen MR) is 63.9 cm³/mol. The molecule has 1 atom stereocenters. The van der Waals surface area contributed by atoms with Crippen molar-refractivity contribution in [2.75, 3.05) is 13.1 Å². The number of amides is 1. The van der Waals surface area contributed by atoms with E-state index in [1.807, 2.05) is 4.90 Å². The SMILES string of the molecule is CCCCCC(=O)N1CC[C@H](OC=S)C1. The third-order valence-corrected chi connectivity index (χ3v) is 2.85. The summed E-state index contributed by atoms with van der Waals surface area (Å²) in [5.74, 6) is 0.263. The quantitative estimate of drug-likeness (QED) is 0.516. The second kappa shape index (κ2) is 6.77. The van der Waals surface area contributed by atoms with E-state index in [4.69, 9.17) is 4.74 Å². The summed E-state index contributed by atoms with van der Waals surface area (Å²) in [6.07, 6.45) is 5.01. The van der Waals surface area contributed by atoms with Crippen LogP contribution in [-0.4, -0.2) is 35.6 Å². The molecule has 0 spiro atoms. The molecule has 1 heterocycles. The van der Waals surface area contributed by atoms with Crippen molar-refractivity contribution < 1.29 is 9.53 Å². The summed E-state index contributed by atoms with van der Waals surface area (Å²) in [6.45, 7) is 3.67. The minimum atomic E-state index is 0.123. The molecule has 0 aliphatic carbocycles. The Morgan fingerprint density at radius 1 is 1.60 bits per heavy atom. The first-order valence-corrected chi connectivity index (χ1v) is 6.12. The van der Waals surface area contributed by atoms with E-state index in [0.29, 0.717) is 13.0 Å². The summed E-state index contributed by atoms with van der Waals surface area (Å²) in [7, 11) is 0. The van der Waals surface area contributed by atoms with E-state index in [1.165, 1.54) is 5.55 Å². The Hall–Kier alpha value is -0.640. The maximum atomic E-state index is 11.7. The van der Waals surface area contributed by atoms with Crippen molar-refractivity contribution in [1.82, 2.24) is 4.90 Å². The van der Waals surface area contributed by atoms with Crippen LogP contribution in [0.3, 0.4) is 0 Å². The highest BCUT2D eigenvalue weighted by Gasteiger charge is 2.26. The topological polar surface area (TPSA) is 29.5 Å². The second-order valence-electron chi connectivity index (χ2n) is 3.94. The Bertz CT molecular complexity index is 221. The lowest BCUT2D eigenvalue weighted by Gasteiger charge is -2.15. The minimum absolute atomic E-state index is 0.123. The average molecular weight is 229 g/mol. The van der Waals surface area contributed by atoms with Gasteiger partial charge in [-0.1, -0.05) is 19.8 Å². The molecule has 0 saturated carbocycles. The molecule has 86 valence electrons. The molecular formula is C11H19NO2S. The highest BCUT2D eigenvalue weighted by atomic mass is 32.1. The summed E-state index contributed by atoms with van der Waals surface area (Å²) in [5.41, 5.74) is 1.30. The second-order valence-corrected chi connectivity index (χ2v) is 4.13. The van der Waals surface area contributed by atoms with Crippen molar-refractivity contribution in [3.63, 3.8) is 0 Å². The van der Waals surface area contributed by atoms with Crippen LogP contribution in [-0.2, 0) is 9.53 Å². The van der Waals surface area contributed by atoms with E-state index in [1.54, 1.807) is 0 Å². The van der Waals surface area contributed by atoms with E-state index in [0.717, 1.165) is 32.2 Å². The zero-order valence-electron chi connectivity index (χ0n) is 9.28. The van der Waals surface area contributed by atoms with Gasteiger partial charge < -0.3 is 9.64 Å². The Morgan fingerprint density at radius 2 is 2.40 bits per heavy atom. The van der Waals surface area contributed by atoms with Gasteiger partial charge in [0.1, 0.15) is 11.7 Å². The molecule has 1 amide bonds. The molecule has 0 bridgehead atoms. The molecule has 0 unspecified atom stereocenters. The fourth-order valence-corrected chi connectivity index (χ4v) is 1.99. The molecule has 4 heteroatoms. The van der Waals surface area contributed by atoms with Gasteiger partial charge in [-0.05, 0) is 18.6 Å². The van der Waals surface area contributed by atoms with E-state index in [-0.39, 0.29) is 12.0 Å². The van der Waals surface area contributed by atoms with Gasteiger partial charge in [0.25, 0.3) is 0 Å². The standard InChI is InChI=1S/C11H19NO2S/c1-2-3-4-5-11(13)12-7-6-10(8-12)14-9-15/h9-10H,2-8H2,1H3/t10-/m0/s1. The van der Waals surface area contributed by atoms with Gasteiger partial charge in [-0.25, -0.2) is 0 Å². The molecule has 0 N–H and O–H groups in total. The predicted octanol–water partition coefficient (Wildman–Crippen LogP) is 2.14. The number of thiocarbonyl (C=S) groups is 1. The largest absolute Gasteiger partial charge is 0.485 e. The summed E-state index contributed by atoms with van der Waals surface area (Å²) in [5, 5.41) is 0. The van der Waals surface area contributed by atoms with Crippen LogP contribution in [0.5, 0.6) is 0 Å². The van der Waals surface area contributed by atoms with Gasteiger partial charge >= 0.3 is 0 Å². The number of nitrogens with zero attached hydrogens (tertiary/aromatic N) is 1. The first-order chi connectivity index (χ1) is 7.27. The van der Waals surface area contributed by atoms with Gasteiger partial charge in [0.05, 0.1) is 6.54 Å². The van der Waals surface area contributed by atoms with Crippen LogP contribution in [0.1, 0.15) is 39.0 Å².